The Morgan fingerprint density at radius 1 is 1.47 bits per heavy atom. The lowest BCUT2D eigenvalue weighted by Gasteiger charge is -2.17. The van der Waals surface area contributed by atoms with E-state index in [0.717, 1.165) is 22.9 Å². The first-order chi connectivity index (χ1) is 7.95. The molecule has 17 heavy (non-hydrogen) atoms. The minimum absolute atomic E-state index is 0.0154. The Morgan fingerprint density at radius 3 is 2.76 bits per heavy atom. The van der Waals surface area contributed by atoms with Gasteiger partial charge in [-0.3, -0.25) is 9.67 Å². The van der Waals surface area contributed by atoms with Crippen LogP contribution in [0.3, 0.4) is 0 Å². The number of nitrogens with one attached hydrogen (secondary N) is 1. The summed E-state index contributed by atoms with van der Waals surface area (Å²) in [4.78, 5) is 5.57. The Hall–Kier alpha value is -1.01. The highest BCUT2D eigenvalue weighted by Crippen LogP contribution is 2.34. The van der Waals surface area contributed by atoms with Gasteiger partial charge in [0.25, 0.3) is 0 Å². The number of rotatable bonds is 2. The van der Waals surface area contributed by atoms with E-state index in [1.165, 1.54) is 0 Å². The van der Waals surface area contributed by atoms with Gasteiger partial charge in [-0.05, 0) is 19.1 Å². The lowest BCUT2D eigenvalue weighted by Crippen LogP contribution is -2.13. The molecule has 0 fully saturated rings. The maximum Gasteiger partial charge on any atom is 0.195 e. The summed E-state index contributed by atoms with van der Waals surface area (Å²) < 4.78 is 2.66. The summed E-state index contributed by atoms with van der Waals surface area (Å²) in [7, 11) is 0. The van der Waals surface area contributed by atoms with Crippen molar-refractivity contribution in [1.82, 2.24) is 19.7 Å². The predicted octanol–water partition coefficient (Wildman–Crippen LogP) is 3.38. The van der Waals surface area contributed by atoms with E-state index in [0.29, 0.717) is 4.77 Å². The molecular weight excluding hydrogens is 252 g/mol. The molecule has 0 aliphatic carbocycles. The fourth-order valence-electron chi connectivity index (χ4n) is 1.72. The molecule has 0 saturated heterocycles. The van der Waals surface area contributed by atoms with Crippen molar-refractivity contribution in [3.63, 3.8) is 0 Å². The van der Waals surface area contributed by atoms with Crippen LogP contribution in [0.4, 0.5) is 0 Å². The zero-order chi connectivity index (χ0) is 12.6. The van der Waals surface area contributed by atoms with Crippen LogP contribution in [-0.4, -0.2) is 19.7 Å². The molecule has 2 heterocycles. The van der Waals surface area contributed by atoms with Gasteiger partial charge in [-0.1, -0.05) is 20.8 Å². The van der Waals surface area contributed by atoms with E-state index in [1.54, 1.807) is 11.3 Å². The lowest BCUT2D eigenvalue weighted by atomic mass is 9.91. The largest absolute Gasteiger partial charge is 0.300 e. The molecule has 0 aromatic carbocycles. The van der Waals surface area contributed by atoms with Gasteiger partial charge in [-0.2, -0.15) is 5.10 Å². The maximum atomic E-state index is 5.21. The first kappa shape index (κ1) is 12.4. The molecule has 92 valence electrons. The van der Waals surface area contributed by atoms with Crippen LogP contribution in [0.1, 0.15) is 33.4 Å². The maximum absolute atomic E-state index is 5.21. The van der Waals surface area contributed by atoms with Gasteiger partial charge >= 0.3 is 0 Å². The van der Waals surface area contributed by atoms with E-state index >= 15 is 0 Å². The minimum atomic E-state index is 0.0154. The van der Waals surface area contributed by atoms with Crippen molar-refractivity contribution in [3.05, 3.63) is 16.0 Å². The first-order valence-corrected chi connectivity index (χ1v) is 6.83. The second-order valence-corrected chi connectivity index (χ2v) is 6.12. The molecule has 0 spiro atoms. The van der Waals surface area contributed by atoms with Crippen LogP contribution in [-0.2, 0) is 12.0 Å². The predicted molar refractivity (Wildman–Crippen MR) is 72.9 cm³/mol. The van der Waals surface area contributed by atoms with Crippen LogP contribution in [0.2, 0.25) is 0 Å². The van der Waals surface area contributed by atoms with Gasteiger partial charge in [-0.25, -0.2) is 4.98 Å². The van der Waals surface area contributed by atoms with Gasteiger partial charge in [0.1, 0.15) is 0 Å². The minimum Gasteiger partial charge on any atom is -0.300 e. The third kappa shape index (κ3) is 2.19. The summed E-state index contributed by atoms with van der Waals surface area (Å²) in [5, 5.41) is 7.17. The van der Waals surface area contributed by atoms with Crippen molar-refractivity contribution in [1.29, 1.82) is 0 Å². The zero-order valence-electron chi connectivity index (χ0n) is 10.4. The van der Waals surface area contributed by atoms with Crippen LogP contribution in [0, 0.1) is 4.77 Å². The van der Waals surface area contributed by atoms with Gasteiger partial charge in [0.2, 0.25) is 0 Å². The van der Waals surface area contributed by atoms with Crippen LogP contribution in [0.25, 0.3) is 10.7 Å². The molecule has 0 unspecified atom stereocenters. The molecular formula is C11H16N4S2. The summed E-state index contributed by atoms with van der Waals surface area (Å²) in [6, 6.07) is 0. The summed E-state index contributed by atoms with van der Waals surface area (Å²) in [6.07, 6.45) is 0. The van der Waals surface area contributed by atoms with Crippen molar-refractivity contribution >= 4 is 23.6 Å². The van der Waals surface area contributed by atoms with Crippen molar-refractivity contribution in [3.8, 4) is 10.7 Å². The van der Waals surface area contributed by atoms with Crippen LogP contribution in [0.5, 0.6) is 0 Å². The molecule has 2 aromatic heterocycles. The van der Waals surface area contributed by atoms with Gasteiger partial charge in [0, 0.05) is 12.0 Å². The molecule has 0 bridgehead atoms. The number of H-pyrrole nitrogens is 1. The lowest BCUT2D eigenvalue weighted by molar-refractivity contribution is 0.573. The summed E-state index contributed by atoms with van der Waals surface area (Å²) in [5.74, 6) is 0.893. The zero-order valence-corrected chi connectivity index (χ0v) is 12.1. The van der Waals surface area contributed by atoms with E-state index in [1.807, 2.05) is 10.1 Å². The highest BCUT2D eigenvalue weighted by atomic mass is 32.1. The smallest absolute Gasteiger partial charge is 0.195 e. The average Bonchev–Trinajstić information content (AvgIpc) is 2.81. The second kappa shape index (κ2) is 4.34. The quantitative estimate of drug-likeness (QED) is 0.849. The Bertz CT molecular complexity index is 571. The third-order valence-corrected chi connectivity index (χ3v) is 3.69. The summed E-state index contributed by atoms with van der Waals surface area (Å²) >= 11 is 6.82. The first-order valence-electron chi connectivity index (χ1n) is 5.54. The van der Waals surface area contributed by atoms with Crippen molar-refractivity contribution in [2.45, 2.75) is 39.7 Å². The molecule has 0 atom stereocenters. The van der Waals surface area contributed by atoms with E-state index < -0.39 is 0 Å². The van der Waals surface area contributed by atoms with Crippen LogP contribution >= 0.6 is 23.6 Å². The molecule has 0 aliphatic rings. The number of nitrogens with zero attached hydrogens (tertiary/aromatic N) is 3. The van der Waals surface area contributed by atoms with Gasteiger partial charge < -0.3 is 0 Å². The molecule has 2 aromatic rings. The number of aromatic amines is 1. The molecule has 0 radical (unpaired) electrons. The van der Waals surface area contributed by atoms with E-state index in [-0.39, 0.29) is 5.41 Å². The number of hydrogen-bond donors (Lipinski definition) is 1. The standard InChI is InChI=1S/C11H16N4S2/c1-5-15-9(13-14-10(15)16)7-8(11(2,3)4)12-6-17-7/h6H,5H2,1-4H3,(H,14,16). The molecule has 2 rings (SSSR count). The topological polar surface area (TPSA) is 46.5 Å². The fraction of sp³-hybridized carbons (Fsp3) is 0.545. The van der Waals surface area contributed by atoms with E-state index in [2.05, 4.69) is 42.9 Å². The Balaban J connectivity index is 2.62. The third-order valence-electron chi connectivity index (χ3n) is 2.56. The van der Waals surface area contributed by atoms with Crippen molar-refractivity contribution in [2.24, 2.45) is 0 Å². The molecule has 0 amide bonds. The monoisotopic (exact) mass is 268 g/mol. The summed E-state index contributed by atoms with van der Waals surface area (Å²) in [5.41, 5.74) is 2.96. The number of aromatic nitrogens is 4. The molecule has 1 N–H and O–H groups in total. The van der Waals surface area contributed by atoms with E-state index in [4.69, 9.17) is 12.2 Å². The van der Waals surface area contributed by atoms with Gasteiger partial charge in [-0.15, -0.1) is 11.3 Å². The van der Waals surface area contributed by atoms with Crippen molar-refractivity contribution < 1.29 is 0 Å². The van der Waals surface area contributed by atoms with Crippen LogP contribution in [0.15, 0.2) is 5.51 Å². The van der Waals surface area contributed by atoms with Gasteiger partial charge in [0.05, 0.1) is 16.1 Å². The highest BCUT2D eigenvalue weighted by molar-refractivity contribution is 7.71. The average molecular weight is 268 g/mol. The molecule has 0 aliphatic heterocycles. The Kier molecular flexibility index (Phi) is 3.18. The number of hydrogen-bond acceptors (Lipinski definition) is 4. The van der Waals surface area contributed by atoms with Crippen molar-refractivity contribution in [2.75, 3.05) is 0 Å². The van der Waals surface area contributed by atoms with E-state index in [9.17, 15) is 0 Å². The Morgan fingerprint density at radius 2 is 2.18 bits per heavy atom. The van der Waals surface area contributed by atoms with Crippen LogP contribution < -0.4 is 0 Å². The number of thiazole rings is 1. The summed E-state index contributed by atoms with van der Waals surface area (Å²) in [6.45, 7) is 9.34. The normalized spacial score (nSPS) is 12.0. The molecule has 0 saturated carbocycles. The second-order valence-electron chi connectivity index (χ2n) is 4.88. The Labute approximate surface area is 110 Å². The fourth-order valence-corrected chi connectivity index (χ4v) is 2.98. The van der Waals surface area contributed by atoms with Gasteiger partial charge in [0.15, 0.2) is 10.6 Å². The molecule has 6 heteroatoms. The SMILES string of the molecule is CCn1c(-c2scnc2C(C)(C)C)n[nH]c1=S. The molecule has 4 nitrogen and oxygen atoms in total. The highest BCUT2D eigenvalue weighted by Gasteiger charge is 2.24.